The van der Waals surface area contributed by atoms with E-state index in [-0.39, 0.29) is 11.7 Å². The second kappa shape index (κ2) is 4.06. The topological polar surface area (TPSA) is 78.4 Å². The summed E-state index contributed by atoms with van der Waals surface area (Å²) >= 11 is 0. The molecule has 0 aliphatic rings. The van der Waals surface area contributed by atoms with Crippen molar-refractivity contribution in [1.29, 1.82) is 0 Å². The molecule has 5 nitrogen and oxygen atoms in total. The highest BCUT2D eigenvalue weighted by Crippen LogP contribution is 2.27. The molecule has 1 rings (SSSR count). The first-order chi connectivity index (χ1) is 6.56. The van der Waals surface area contributed by atoms with E-state index in [4.69, 9.17) is 10.5 Å². The molecule has 0 aliphatic heterocycles. The van der Waals surface area contributed by atoms with Gasteiger partial charge in [0.1, 0.15) is 5.75 Å². The van der Waals surface area contributed by atoms with E-state index in [1.54, 1.807) is 19.1 Å². The van der Waals surface area contributed by atoms with Crippen LogP contribution in [0.4, 0.5) is 5.69 Å². The molecular weight excluding hydrogens is 184 g/mol. The van der Waals surface area contributed by atoms with Crippen LogP contribution in [0, 0.1) is 10.1 Å². The Morgan fingerprint density at radius 3 is 2.64 bits per heavy atom. The zero-order chi connectivity index (χ0) is 10.7. The Hall–Kier alpha value is -1.62. The van der Waals surface area contributed by atoms with Gasteiger partial charge in [0, 0.05) is 11.6 Å². The van der Waals surface area contributed by atoms with E-state index < -0.39 is 4.92 Å². The number of nitro groups is 1. The Labute approximate surface area is 81.6 Å². The summed E-state index contributed by atoms with van der Waals surface area (Å²) in [6, 6.07) is 4.28. The van der Waals surface area contributed by atoms with Crippen molar-refractivity contribution in [3.63, 3.8) is 0 Å². The van der Waals surface area contributed by atoms with E-state index in [1.165, 1.54) is 13.2 Å². The van der Waals surface area contributed by atoms with Crippen LogP contribution >= 0.6 is 0 Å². The molecular formula is C9H12N2O3. The van der Waals surface area contributed by atoms with Crippen molar-refractivity contribution in [3.05, 3.63) is 33.9 Å². The number of ether oxygens (including phenoxy) is 1. The number of nitrogens with zero attached hydrogens (tertiary/aromatic N) is 1. The maximum atomic E-state index is 10.7. The standard InChI is InChI=1S/C9H12N2O3/c1-6(10)8-4-3-7(14-2)5-9(8)11(12)13/h3-6H,10H2,1-2H3. The molecule has 1 unspecified atom stereocenters. The van der Waals surface area contributed by atoms with Gasteiger partial charge in [-0.3, -0.25) is 10.1 Å². The van der Waals surface area contributed by atoms with Gasteiger partial charge in [-0.05, 0) is 19.1 Å². The molecule has 0 saturated carbocycles. The van der Waals surface area contributed by atoms with Gasteiger partial charge in [-0.1, -0.05) is 0 Å². The first kappa shape index (κ1) is 10.5. The van der Waals surface area contributed by atoms with Gasteiger partial charge in [-0.25, -0.2) is 0 Å². The zero-order valence-electron chi connectivity index (χ0n) is 8.06. The molecule has 0 radical (unpaired) electrons. The molecule has 14 heavy (non-hydrogen) atoms. The van der Waals surface area contributed by atoms with Gasteiger partial charge in [0.25, 0.3) is 5.69 Å². The van der Waals surface area contributed by atoms with Crippen LogP contribution in [0.1, 0.15) is 18.5 Å². The molecule has 0 amide bonds. The largest absolute Gasteiger partial charge is 0.497 e. The lowest BCUT2D eigenvalue weighted by Gasteiger charge is -2.07. The summed E-state index contributed by atoms with van der Waals surface area (Å²) in [5.74, 6) is 0.459. The highest BCUT2D eigenvalue weighted by atomic mass is 16.6. The molecule has 0 fully saturated rings. The lowest BCUT2D eigenvalue weighted by Crippen LogP contribution is -2.08. The highest BCUT2D eigenvalue weighted by molar-refractivity contribution is 5.47. The maximum Gasteiger partial charge on any atom is 0.277 e. The lowest BCUT2D eigenvalue weighted by molar-refractivity contribution is -0.385. The zero-order valence-corrected chi connectivity index (χ0v) is 8.06. The average molecular weight is 196 g/mol. The van der Waals surface area contributed by atoms with E-state index >= 15 is 0 Å². The predicted octanol–water partition coefficient (Wildman–Crippen LogP) is 1.62. The van der Waals surface area contributed by atoms with E-state index in [0.717, 1.165) is 0 Å². The number of nitrogens with two attached hydrogens (primary N) is 1. The Kier molecular flexibility index (Phi) is 3.03. The van der Waals surface area contributed by atoms with Crippen molar-refractivity contribution in [2.24, 2.45) is 5.73 Å². The third-order valence-corrected chi connectivity index (χ3v) is 1.92. The monoisotopic (exact) mass is 196 g/mol. The Morgan fingerprint density at radius 2 is 2.21 bits per heavy atom. The number of benzene rings is 1. The van der Waals surface area contributed by atoms with E-state index in [2.05, 4.69) is 0 Å². The fraction of sp³-hybridized carbons (Fsp3) is 0.333. The normalized spacial score (nSPS) is 12.2. The highest BCUT2D eigenvalue weighted by Gasteiger charge is 2.17. The Balaban J connectivity index is 3.24. The van der Waals surface area contributed by atoms with E-state index in [9.17, 15) is 10.1 Å². The summed E-state index contributed by atoms with van der Waals surface area (Å²) < 4.78 is 4.89. The van der Waals surface area contributed by atoms with Crippen molar-refractivity contribution in [2.45, 2.75) is 13.0 Å². The van der Waals surface area contributed by atoms with Gasteiger partial charge >= 0.3 is 0 Å². The molecule has 0 saturated heterocycles. The van der Waals surface area contributed by atoms with Crippen LogP contribution in [0.25, 0.3) is 0 Å². The molecule has 0 aromatic heterocycles. The molecule has 1 aromatic carbocycles. The second-order valence-electron chi connectivity index (χ2n) is 2.97. The van der Waals surface area contributed by atoms with Gasteiger partial charge in [0.2, 0.25) is 0 Å². The minimum absolute atomic E-state index is 0.000602. The summed E-state index contributed by atoms with van der Waals surface area (Å²) in [5, 5.41) is 10.7. The fourth-order valence-corrected chi connectivity index (χ4v) is 1.19. The third kappa shape index (κ3) is 2.00. The van der Waals surface area contributed by atoms with Crippen molar-refractivity contribution < 1.29 is 9.66 Å². The quantitative estimate of drug-likeness (QED) is 0.588. The van der Waals surface area contributed by atoms with E-state index in [1.807, 2.05) is 0 Å². The van der Waals surface area contributed by atoms with Gasteiger partial charge in [-0.2, -0.15) is 0 Å². The van der Waals surface area contributed by atoms with Crippen molar-refractivity contribution in [2.75, 3.05) is 7.11 Å². The van der Waals surface area contributed by atoms with E-state index in [0.29, 0.717) is 11.3 Å². The minimum atomic E-state index is -0.457. The summed E-state index contributed by atoms with van der Waals surface area (Å²) in [4.78, 5) is 10.2. The first-order valence-electron chi connectivity index (χ1n) is 4.14. The molecule has 2 N–H and O–H groups in total. The number of hydrogen-bond donors (Lipinski definition) is 1. The maximum absolute atomic E-state index is 10.7. The lowest BCUT2D eigenvalue weighted by atomic mass is 10.1. The Morgan fingerprint density at radius 1 is 1.57 bits per heavy atom. The molecule has 0 heterocycles. The van der Waals surface area contributed by atoms with Crippen LogP contribution in [-0.4, -0.2) is 12.0 Å². The second-order valence-corrected chi connectivity index (χ2v) is 2.97. The average Bonchev–Trinajstić information content (AvgIpc) is 2.16. The number of methoxy groups -OCH3 is 1. The van der Waals surface area contributed by atoms with Gasteiger partial charge < -0.3 is 10.5 Å². The summed E-state index contributed by atoms with van der Waals surface area (Å²) in [7, 11) is 1.46. The molecule has 0 bridgehead atoms. The molecule has 0 spiro atoms. The summed E-state index contributed by atoms with van der Waals surface area (Å²) in [5.41, 5.74) is 6.11. The minimum Gasteiger partial charge on any atom is -0.497 e. The third-order valence-electron chi connectivity index (χ3n) is 1.92. The van der Waals surface area contributed by atoms with Crippen molar-refractivity contribution in [3.8, 4) is 5.75 Å². The summed E-state index contributed by atoms with van der Waals surface area (Å²) in [6.45, 7) is 1.70. The van der Waals surface area contributed by atoms with Crippen LogP contribution in [-0.2, 0) is 0 Å². The molecule has 0 aliphatic carbocycles. The first-order valence-corrected chi connectivity index (χ1v) is 4.14. The molecule has 1 atom stereocenters. The molecule has 5 heteroatoms. The van der Waals surface area contributed by atoms with Crippen LogP contribution in [0.5, 0.6) is 5.75 Å². The fourth-order valence-electron chi connectivity index (χ4n) is 1.19. The predicted molar refractivity (Wildman–Crippen MR) is 52.3 cm³/mol. The van der Waals surface area contributed by atoms with Crippen LogP contribution < -0.4 is 10.5 Å². The summed E-state index contributed by atoms with van der Waals surface area (Å²) in [6.07, 6.45) is 0. The van der Waals surface area contributed by atoms with Gasteiger partial charge in [0.15, 0.2) is 0 Å². The molecule has 76 valence electrons. The van der Waals surface area contributed by atoms with Crippen LogP contribution in [0.2, 0.25) is 0 Å². The van der Waals surface area contributed by atoms with Gasteiger partial charge in [-0.15, -0.1) is 0 Å². The smallest absolute Gasteiger partial charge is 0.277 e. The van der Waals surface area contributed by atoms with Gasteiger partial charge in [0.05, 0.1) is 18.1 Å². The SMILES string of the molecule is COc1ccc(C(C)N)c([N+](=O)[O-])c1. The van der Waals surface area contributed by atoms with Crippen molar-refractivity contribution in [1.82, 2.24) is 0 Å². The molecule has 1 aromatic rings. The number of hydrogen-bond acceptors (Lipinski definition) is 4. The Bertz CT molecular complexity index is 350. The number of rotatable bonds is 3. The van der Waals surface area contributed by atoms with Crippen LogP contribution in [0.3, 0.4) is 0 Å². The van der Waals surface area contributed by atoms with Crippen molar-refractivity contribution >= 4 is 5.69 Å². The van der Waals surface area contributed by atoms with Crippen LogP contribution in [0.15, 0.2) is 18.2 Å². The number of nitro benzene ring substituents is 1.